The van der Waals surface area contributed by atoms with Crippen LogP contribution in [0.4, 0.5) is 10.5 Å². The van der Waals surface area contributed by atoms with Crippen LogP contribution in [0, 0.1) is 3.57 Å². The number of amides is 1. The number of nitrogens with one attached hydrogen (secondary N) is 1. The molecule has 0 aromatic heterocycles. The highest BCUT2D eigenvalue weighted by Crippen LogP contribution is 2.33. The molecule has 0 aliphatic carbocycles. The third kappa shape index (κ3) is 6.69. The molecule has 0 unspecified atom stereocenters. The molecule has 0 saturated carbocycles. The van der Waals surface area contributed by atoms with E-state index in [4.69, 9.17) is 9.47 Å². The zero-order valence-electron chi connectivity index (χ0n) is 16.2. The maximum Gasteiger partial charge on any atom is 0.412 e. The molecule has 0 aliphatic rings. The van der Waals surface area contributed by atoms with Crippen LogP contribution in [0.3, 0.4) is 0 Å². The summed E-state index contributed by atoms with van der Waals surface area (Å²) in [5.74, 6) is -0.103. The van der Waals surface area contributed by atoms with Crippen LogP contribution in [0.15, 0.2) is 42.5 Å². The van der Waals surface area contributed by atoms with Gasteiger partial charge in [-0.1, -0.05) is 0 Å². The van der Waals surface area contributed by atoms with Gasteiger partial charge in [0.05, 0.1) is 0 Å². The van der Waals surface area contributed by atoms with Crippen LogP contribution < -0.4 is 5.32 Å². The minimum Gasteiger partial charge on any atom is -0.508 e. The van der Waals surface area contributed by atoms with E-state index in [9.17, 15) is 19.8 Å². The predicted octanol–water partition coefficient (Wildman–Crippen LogP) is 4.28. The number of benzene rings is 2. The maximum atomic E-state index is 12.5. The van der Waals surface area contributed by atoms with Gasteiger partial charge in [0.1, 0.15) is 11.9 Å². The first kappa shape index (κ1) is 23.1. The van der Waals surface area contributed by atoms with Crippen LogP contribution in [0.2, 0.25) is 0 Å². The number of ether oxygens (including phenoxy) is 2. The molecule has 2 aromatic rings. The number of carbonyl (C=O) groups is 2. The SMILES string of the molecule is CCO[C@H](CCO)[C@H](OC(=O)Nc1ccc(C(C)=O)cc1)c1cc(I)ccc1O. The first-order valence-electron chi connectivity index (χ1n) is 9.15. The van der Waals surface area contributed by atoms with Crippen LogP contribution in [-0.4, -0.2) is 41.4 Å². The molecule has 156 valence electrons. The van der Waals surface area contributed by atoms with Gasteiger partial charge in [-0.2, -0.15) is 0 Å². The van der Waals surface area contributed by atoms with Crippen LogP contribution in [0.1, 0.15) is 42.3 Å². The maximum absolute atomic E-state index is 12.5. The Balaban J connectivity index is 2.24. The Morgan fingerprint density at radius 3 is 2.45 bits per heavy atom. The minimum atomic E-state index is -0.923. The van der Waals surface area contributed by atoms with E-state index in [1.165, 1.54) is 13.0 Å². The molecule has 0 spiro atoms. The van der Waals surface area contributed by atoms with Crippen molar-refractivity contribution in [3.63, 3.8) is 0 Å². The molecule has 0 radical (unpaired) electrons. The normalized spacial score (nSPS) is 12.8. The monoisotopic (exact) mass is 513 g/mol. The fraction of sp³-hybridized carbons (Fsp3) is 0.333. The summed E-state index contributed by atoms with van der Waals surface area (Å²) in [4.78, 5) is 23.9. The molecule has 0 saturated heterocycles. The van der Waals surface area contributed by atoms with Crippen molar-refractivity contribution < 1.29 is 29.3 Å². The Hall–Kier alpha value is -2.17. The van der Waals surface area contributed by atoms with Gasteiger partial charge in [0.25, 0.3) is 0 Å². The molecule has 0 fully saturated rings. The number of aromatic hydroxyl groups is 1. The quantitative estimate of drug-likeness (QED) is 0.342. The fourth-order valence-corrected chi connectivity index (χ4v) is 3.32. The summed E-state index contributed by atoms with van der Waals surface area (Å²) in [5, 5.41) is 22.3. The van der Waals surface area contributed by atoms with E-state index in [1.807, 2.05) is 0 Å². The summed E-state index contributed by atoms with van der Waals surface area (Å²) in [5.41, 5.74) is 1.39. The Bertz CT molecular complexity index is 834. The highest BCUT2D eigenvalue weighted by molar-refractivity contribution is 14.1. The standard InChI is InChI=1S/C21H24INO6/c1-3-28-19(10-11-24)20(17-12-15(22)6-9-18(17)26)29-21(27)23-16-7-4-14(5-8-16)13(2)25/h4-9,12,19-20,24,26H,3,10-11H2,1-2H3,(H,23,27)/t19-,20-/m1/s1. The van der Waals surface area contributed by atoms with Crippen molar-refractivity contribution in [3.8, 4) is 5.75 Å². The van der Waals surface area contributed by atoms with Gasteiger partial charge in [-0.15, -0.1) is 0 Å². The van der Waals surface area contributed by atoms with E-state index in [1.54, 1.807) is 43.3 Å². The number of phenols is 1. The average molecular weight is 513 g/mol. The minimum absolute atomic E-state index is 0.0309. The van der Waals surface area contributed by atoms with Crippen molar-refractivity contribution in [3.05, 3.63) is 57.2 Å². The van der Waals surface area contributed by atoms with E-state index in [2.05, 4.69) is 27.9 Å². The molecule has 29 heavy (non-hydrogen) atoms. The van der Waals surface area contributed by atoms with Gasteiger partial charge in [-0.25, -0.2) is 4.79 Å². The number of Topliss-reactive ketones (excluding diaryl/α,β-unsaturated/α-hetero) is 1. The molecule has 2 rings (SSSR count). The smallest absolute Gasteiger partial charge is 0.412 e. The van der Waals surface area contributed by atoms with Crippen molar-refractivity contribution in [1.82, 2.24) is 0 Å². The summed E-state index contributed by atoms with van der Waals surface area (Å²) in [6, 6.07) is 11.4. The highest BCUT2D eigenvalue weighted by Gasteiger charge is 2.30. The number of anilines is 1. The molecule has 0 heterocycles. The average Bonchev–Trinajstić information content (AvgIpc) is 2.68. The number of hydrogen-bond donors (Lipinski definition) is 3. The molecule has 2 atom stereocenters. The van der Waals surface area contributed by atoms with Crippen molar-refractivity contribution in [1.29, 1.82) is 0 Å². The number of rotatable bonds is 9. The number of hydrogen-bond acceptors (Lipinski definition) is 6. The van der Waals surface area contributed by atoms with Crippen LogP contribution >= 0.6 is 22.6 Å². The second-order valence-electron chi connectivity index (χ2n) is 6.29. The molecule has 7 nitrogen and oxygen atoms in total. The summed E-state index contributed by atoms with van der Waals surface area (Å²) in [6.07, 6.45) is -2.08. The van der Waals surface area contributed by atoms with Gasteiger partial charge in [0.2, 0.25) is 0 Å². The predicted molar refractivity (Wildman–Crippen MR) is 117 cm³/mol. The zero-order chi connectivity index (χ0) is 21.4. The number of ketones is 1. The van der Waals surface area contributed by atoms with E-state index >= 15 is 0 Å². The lowest BCUT2D eigenvalue weighted by molar-refractivity contribution is -0.0491. The lowest BCUT2D eigenvalue weighted by atomic mass is 10.0. The van der Waals surface area contributed by atoms with Gasteiger partial charge in [-0.05, 0) is 78.9 Å². The third-order valence-corrected chi connectivity index (χ3v) is 4.87. The number of halogens is 1. The number of aliphatic hydroxyl groups excluding tert-OH is 1. The van der Waals surface area contributed by atoms with Crippen molar-refractivity contribution >= 4 is 40.2 Å². The highest BCUT2D eigenvalue weighted by atomic mass is 127. The fourth-order valence-electron chi connectivity index (χ4n) is 2.81. The zero-order valence-corrected chi connectivity index (χ0v) is 18.4. The molecule has 0 aliphatic heterocycles. The Morgan fingerprint density at radius 1 is 1.17 bits per heavy atom. The van der Waals surface area contributed by atoms with Crippen LogP contribution in [-0.2, 0) is 9.47 Å². The van der Waals surface area contributed by atoms with E-state index in [-0.39, 0.29) is 24.6 Å². The molecular formula is C21H24INO6. The Kier molecular flexibility index (Phi) is 8.87. The molecular weight excluding hydrogens is 489 g/mol. The second-order valence-corrected chi connectivity index (χ2v) is 7.54. The van der Waals surface area contributed by atoms with E-state index in [0.717, 1.165) is 3.57 Å². The first-order chi connectivity index (χ1) is 13.8. The summed E-state index contributed by atoms with van der Waals surface area (Å²) in [6.45, 7) is 3.45. The van der Waals surface area contributed by atoms with Gasteiger partial charge in [0.15, 0.2) is 11.9 Å². The summed E-state index contributed by atoms with van der Waals surface area (Å²) < 4.78 is 12.1. The number of phenolic OH excluding ortho intramolecular Hbond substituents is 1. The Morgan fingerprint density at radius 2 is 1.86 bits per heavy atom. The number of carbonyl (C=O) groups excluding carboxylic acids is 2. The summed E-state index contributed by atoms with van der Waals surface area (Å²) >= 11 is 2.10. The lowest BCUT2D eigenvalue weighted by Crippen LogP contribution is -2.30. The Labute approximate surface area is 183 Å². The first-order valence-corrected chi connectivity index (χ1v) is 10.2. The third-order valence-electron chi connectivity index (χ3n) is 4.20. The van der Waals surface area contributed by atoms with Crippen LogP contribution in [0.25, 0.3) is 0 Å². The molecule has 0 bridgehead atoms. The van der Waals surface area contributed by atoms with Crippen molar-refractivity contribution in [2.75, 3.05) is 18.5 Å². The summed E-state index contributed by atoms with van der Waals surface area (Å²) in [7, 11) is 0. The van der Waals surface area contributed by atoms with Gasteiger partial charge in [-0.3, -0.25) is 10.1 Å². The van der Waals surface area contributed by atoms with E-state index in [0.29, 0.717) is 23.4 Å². The lowest BCUT2D eigenvalue weighted by Gasteiger charge is -2.27. The topological polar surface area (TPSA) is 105 Å². The molecule has 8 heteroatoms. The van der Waals surface area contributed by atoms with Crippen molar-refractivity contribution in [2.24, 2.45) is 0 Å². The second kappa shape index (κ2) is 11.1. The van der Waals surface area contributed by atoms with Crippen molar-refractivity contribution in [2.45, 2.75) is 32.5 Å². The van der Waals surface area contributed by atoms with E-state index < -0.39 is 18.3 Å². The molecule has 2 aromatic carbocycles. The molecule has 3 N–H and O–H groups in total. The van der Waals surface area contributed by atoms with Gasteiger partial charge in [0, 0.05) is 40.0 Å². The van der Waals surface area contributed by atoms with Gasteiger partial charge < -0.3 is 19.7 Å². The van der Waals surface area contributed by atoms with Gasteiger partial charge >= 0.3 is 6.09 Å². The molecule has 1 amide bonds. The van der Waals surface area contributed by atoms with Crippen LogP contribution in [0.5, 0.6) is 5.75 Å². The largest absolute Gasteiger partial charge is 0.508 e. The number of aliphatic hydroxyl groups is 1.